The molecule has 2 rings (SSSR count). The molecule has 1 atom stereocenters. The molecule has 1 heterocycles. The first-order chi connectivity index (χ1) is 11.9. The zero-order chi connectivity index (χ0) is 18.4. The third-order valence-corrected chi connectivity index (χ3v) is 5.13. The number of amides is 1. The number of carboxylic acids is 1. The number of rotatable bonds is 7. The minimum absolute atomic E-state index is 0.0843. The average molecular weight is 346 g/mol. The van der Waals surface area contributed by atoms with Crippen LogP contribution in [0.2, 0.25) is 0 Å². The van der Waals surface area contributed by atoms with Gasteiger partial charge in [-0.05, 0) is 64.6 Å². The Morgan fingerprint density at radius 3 is 2.28 bits per heavy atom. The highest BCUT2D eigenvalue weighted by Gasteiger charge is 2.31. The van der Waals surface area contributed by atoms with Crippen molar-refractivity contribution in [3.63, 3.8) is 0 Å². The number of carbonyl (C=O) groups is 2. The molecule has 1 fully saturated rings. The molecule has 1 N–H and O–H groups in total. The van der Waals surface area contributed by atoms with Gasteiger partial charge in [-0.2, -0.15) is 0 Å². The van der Waals surface area contributed by atoms with E-state index in [-0.39, 0.29) is 24.5 Å². The summed E-state index contributed by atoms with van der Waals surface area (Å²) in [4.78, 5) is 27.4. The van der Waals surface area contributed by atoms with Gasteiger partial charge in [-0.3, -0.25) is 14.5 Å². The summed E-state index contributed by atoms with van der Waals surface area (Å²) in [6, 6.07) is 10.2. The van der Waals surface area contributed by atoms with Gasteiger partial charge in [-0.1, -0.05) is 30.3 Å². The number of aliphatic carboxylic acids is 1. The van der Waals surface area contributed by atoms with Gasteiger partial charge in [-0.15, -0.1) is 0 Å². The summed E-state index contributed by atoms with van der Waals surface area (Å²) in [5.41, 5.74) is 1.37. The standard InChI is InChI=1S/C20H30N2O3/c1-15(2)22(14-19(23)24)20(25)16(3)21-11-9-18(10-12-21)13-17-7-5-4-6-8-17/h4-8,15-16,18H,9-14H2,1-3H3,(H,23,24). The van der Waals surface area contributed by atoms with E-state index in [9.17, 15) is 9.59 Å². The van der Waals surface area contributed by atoms with Crippen molar-refractivity contribution in [1.82, 2.24) is 9.80 Å². The van der Waals surface area contributed by atoms with Crippen molar-refractivity contribution in [1.29, 1.82) is 0 Å². The van der Waals surface area contributed by atoms with E-state index in [4.69, 9.17) is 5.11 Å². The zero-order valence-corrected chi connectivity index (χ0v) is 15.5. The lowest BCUT2D eigenvalue weighted by atomic mass is 9.89. The van der Waals surface area contributed by atoms with Gasteiger partial charge in [0.25, 0.3) is 0 Å². The van der Waals surface area contributed by atoms with E-state index in [1.807, 2.05) is 26.8 Å². The van der Waals surface area contributed by atoms with E-state index in [1.54, 1.807) is 0 Å². The molecule has 1 amide bonds. The highest BCUT2D eigenvalue weighted by molar-refractivity contribution is 5.85. The average Bonchev–Trinajstić information content (AvgIpc) is 2.59. The monoisotopic (exact) mass is 346 g/mol. The lowest BCUT2D eigenvalue weighted by molar-refractivity contribution is -0.148. The van der Waals surface area contributed by atoms with Crippen LogP contribution in [-0.4, -0.2) is 58.5 Å². The van der Waals surface area contributed by atoms with Gasteiger partial charge in [0.05, 0.1) is 6.04 Å². The molecule has 25 heavy (non-hydrogen) atoms. The number of carboxylic acid groups (broad SMARTS) is 1. The summed E-state index contributed by atoms with van der Waals surface area (Å²) < 4.78 is 0. The second-order valence-electron chi connectivity index (χ2n) is 7.30. The summed E-state index contributed by atoms with van der Waals surface area (Å²) in [7, 11) is 0. The predicted octanol–water partition coefficient (Wildman–Crippen LogP) is 2.65. The second kappa shape index (κ2) is 8.99. The van der Waals surface area contributed by atoms with Gasteiger partial charge in [0.2, 0.25) is 5.91 Å². The summed E-state index contributed by atoms with van der Waals surface area (Å²) in [6.45, 7) is 7.18. The van der Waals surface area contributed by atoms with Crippen LogP contribution in [0.3, 0.4) is 0 Å². The highest BCUT2D eigenvalue weighted by Crippen LogP contribution is 2.23. The minimum atomic E-state index is -0.962. The molecule has 0 spiro atoms. The molecular weight excluding hydrogens is 316 g/mol. The highest BCUT2D eigenvalue weighted by atomic mass is 16.4. The lowest BCUT2D eigenvalue weighted by Gasteiger charge is -2.38. The number of likely N-dealkylation sites (tertiary alicyclic amines) is 1. The molecule has 0 aromatic heterocycles. The van der Waals surface area contributed by atoms with Crippen LogP contribution in [0.1, 0.15) is 39.2 Å². The first-order valence-corrected chi connectivity index (χ1v) is 9.18. The fraction of sp³-hybridized carbons (Fsp3) is 0.600. The normalized spacial score (nSPS) is 17.4. The largest absolute Gasteiger partial charge is 0.480 e. The van der Waals surface area contributed by atoms with Crippen molar-refractivity contribution in [3.8, 4) is 0 Å². The van der Waals surface area contributed by atoms with Crippen LogP contribution >= 0.6 is 0 Å². The first kappa shape index (κ1) is 19.4. The Hall–Kier alpha value is -1.88. The lowest BCUT2D eigenvalue weighted by Crippen LogP contribution is -2.52. The Morgan fingerprint density at radius 2 is 1.76 bits per heavy atom. The van der Waals surface area contributed by atoms with E-state index >= 15 is 0 Å². The molecule has 1 aromatic rings. The fourth-order valence-corrected chi connectivity index (χ4v) is 3.55. The summed E-state index contributed by atoms with van der Waals surface area (Å²) in [6.07, 6.45) is 3.24. The maximum Gasteiger partial charge on any atom is 0.323 e. The van der Waals surface area contributed by atoms with Crippen LogP contribution in [0.25, 0.3) is 0 Å². The summed E-state index contributed by atoms with van der Waals surface area (Å²) in [5, 5.41) is 9.04. The SMILES string of the molecule is CC(C(=O)N(CC(=O)O)C(C)C)N1CCC(Cc2ccccc2)CC1. The molecule has 0 aliphatic carbocycles. The zero-order valence-electron chi connectivity index (χ0n) is 15.5. The Kier molecular flexibility index (Phi) is 7.00. The predicted molar refractivity (Wildman–Crippen MR) is 98.4 cm³/mol. The number of hydrogen-bond acceptors (Lipinski definition) is 3. The van der Waals surface area contributed by atoms with E-state index in [1.165, 1.54) is 10.5 Å². The van der Waals surface area contributed by atoms with E-state index in [0.717, 1.165) is 32.4 Å². The Balaban J connectivity index is 1.88. The van der Waals surface area contributed by atoms with Gasteiger partial charge in [0.1, 0.15) is 6.54 Å². The van der Waals surface area contributed by atoms with Crippen LogP contribution in [0, 0.1) is 5.92 Å². The Labute approximate surface area is 150 Å². The van der Waals surface area contributed by atoms with E-state index in [2.05, 4.69) is 29.2 Å². The molecule has 5 nitrogen and oxygen atoms in total. The van der Waals surface area contributed by atoms with Crippen LogP contribution in [-0.2, 0) is 16.0 Å². The van der Waals surface area contributed by atoms with Crippen molar-refractivity contribution in [3.05, 3.63) is 35.9 Å². The third kappa shape index (κ3) is 5.56. The van der Waals surface area contributed by atoms with Gasteiger partial charge in [0, 0.05) is 6.04 Å². The topological polar surface area (TPSA) is 60.9 Å². The van der Waals surface area contributed by atoms with Crippen molar-refractivity contribution < 1.29 is 14.7 Å². The Bertz CT molecular complexity index is 566. The summed E-state index contributed by atoms with van der Waals surface area (Å²) in [5.74, 6) is -0.393. The maximum atomic E-state index is 12.7. The van der Waals surface area contributed by atoms with Crippen molar-refractivity contribution in [2.45, 2.75) is 52.1 Å². The van der Waals surface area contributed by atoms with Crippen LogP contribution in [0.4, 0.5) is 0 Å². The molecule has 138 valence electrons. The number of benzene rings is 1. The molecule has 0 saturated carbocycles. The number of piperidine rings is 1. The molecule has 1 unspecified atom stereocenters. The molecule has 0 radical (unpaired) electrons. The first-order valence-electron chi connectivity index (χ1n) is 9.18. The third-order valence-electron chi connectivity index (χ3n) is 5.13. The van der Waals surface area contributed by atoms with Crippen molar-refractivity contribution in [2.24, 2.45) is 5.92 Å². The van der Waals surface area contributed by atoms with Crippen LogP contribution in [0.15, 0.2) is 30.3 Å². The smallest absolute Gasteiger partial charge is 0.323 e. The molecule has 5 heteroatoms. The van der Waals surface area contributed by atoms with Crippen molar-refractivity contribution in [2.75, 3.05) is 19.6 Å². The molecule has 0 bridgehead atoms. The number of nitrogens with zero attached hydrogens (tertiary/aromatic N) is 2. The van der Waals surface area contributed by atoms with Gasteiger partial charge < -0.3 is 10.0 Å². The molecule has 1 aliphatic heterocycles. The number of hydrogen-bond donors (Lipinski definition) is 1. The van der Waals surface area contributed by atoms with Gasteiger partial charge in [-0.25, -0.2) is 0 Å². The van der Waals surface area contributed by atoms with Crippen LogP contribution in [0.5, 0.6) is 0 Å². The summed E-state index contributed by atoms with van der Waals surface area (Å²) >= 11 is 0. The maximum absolute atomic E-state index is 12.7. The van der Waals surface area contributed by atoms with Gasteiger partial charge in [0.15, 0.2) is 0 Å². The minimum Gasteiger partial charge on any atom is -0.480 e. The van der Waals surface area contributed by atoms with E-state index < -0.39 is 5.97 Å². The fourth-order valence-electron chi connectivity index (χ4n) is 3.55. The molecule has 1 saturated heterocycles. The number of carbonyl (C=O) groups excluding carboxylic acids is 1. The van der Waals surface area contributed by atoms with Crippen LogP contribution < -0.4 is 0 Å². The molecule has 1 aromatic carbocycles. The van der Waals surface area contributed by atoms with Gasteiger partial charge >= 0.3 is 5.97 Å². The quantitative estimate of drug-likeness (QED) is 0.824. The molecular formula is C20H30N2O3. The second-order valence-corrected chi connectivity index (χ2v) is 7.30. The molecule has 1 aliphatic rings. The Morgan fingerprint density at radius 1 is 1.16 bits per heavy atom. The van der Waals surface area contributed by atoms with Crippen molar-refractivity contribution >= 4 is 11.9 Å². The van der Waals surface area contributed by atoms with E-state index in [0.29, 0.717) is 5.92 Å².